The van der Waals surface area contributed by atoms with Gasteiger partial charge in [0, 0.05) is 36.3 Å². The van der Waals surface area contributed by atoms with Gasteiger partial charge in [-0.3, -0.25) is 9.69 Å². The maximum absolute atomic E-state index is 13.8. The summed E-state index contributed by atoms with van der Waals surface area (Å²) in [5, 5.41) is 12.7. The summed E-state index contributed by atoms with van der Waals surface area (Å²) >= 11 is 0. The number of amides is 1. The largest absolute Gasteiger partial charge is 0.493 e. The second kappa shape index (κ2) is 9.31. The molecule has 3 heterocycles. The quantitative estimate of drug-likeness (QED) is 0.417. The smallest absolute Gasteiger partial charge is 0.246 e. The lowest BCUT2D eigenvalue weighted by atomic mass is 9.48. The zero-order chi connectivity index (χ0) is 26.7. The Morgan fingerprint density at radius 3 is 2.89 bits per heavy atom. The highest BCUT2D eigenvalue weighted by Gasteiger charge is 2.73. The van der Waals surface area contributed by atoms with E-state index in [0.29, 0.717) is 25.1 Å². The number of piperidine rings is 1. The normalized spacial score (nSPS) is 31.2. The molecule has 4 aliphatic rings. The molecule has 2 fully saturated rings. The molecule has 38 heavy (non-hydrogen) atoms. The third-order valence-electron chi connectivity index (χ3n) is 9.32. The Bertz CT molecular complexity index is 1250. The Morgan fingerprint density at radius 1 is 1.34 bits per heavy atom. The summed E-state index contributed by atoms with van der Waals surface area (Å²) in [7, 11) is 1.67. The predicted molar refractivity (Wildman–Crippen MR) is 145 cm³/mol. The van der Waals surface area contributed by atoms with Crippen molar-refractivity contribution in [2.24, 2.45) is 5.92 Å². The maximum Gasteiger partial charge on any atom is 0.246 e. The molecule has 6 rings (SSSR count). The van der Waals surface area contributed by atoms with Gasteiger partial charge in [-0.1, -0.05) is 26.0 Å². The molecule has 5 atom stereocenters. The SMILES string of the molecule is C=CCN1CC[C@]23c4c5ccc(OC)c4O[C@H]2[C@H](N(CC(C)C)C(=O)/C=C/c2ccoc2)CC[C@@]3(O)[C@H]1C5. The van der Waals surface area contributed by atoms with Gasteiger partial charge in [-0.05, 0) is 61.9 Å². The van der Waals surface area contributed by atoms with Crippen molar-refractivity contribution < 1.29 is 23.8 Å². The number of likely N-dealkylation sites (tertiary alicyclic amines) is 1. The van der Waals surface area contributed by atoms with Gasteiger partial charge in [0.25, 0.3) is 0 Å². The number of furan rings is 1. The van der Waals surface area contributed by atoms with Crippen molar-refractivity contribution in [2.75, 3.05) is 26.7 Å². The fourth-order valence-electron chi connectivity index (χ4n) is 7.87. The molecule has 1 N–H and O–H groups in total. The van der Waals surface area contributed by atoms with Crippen molar-refractivity contribution in [1.29, 1.82) is 0 Å². The molecule has 2 bridgehead atoms. The van der Waals surface area contributed by atoms with Crippen molar-refractivity contribution in [3.63, 3.8) is 0 Å². The van der Waals surface area contributed by atoms with Crippen molar-refractivity contribution in [3.05, 3.63) is 66.1 Å². The van der Waals surface area contributed by atoms with Crippen molar-refractivity contribution in [1.82, 2.24) is 9.80 Å². The van der Waals surface area contributed by atoms with Gasteiger partial charge >= 0.3 is 0 Å². The molecule has 1 aromatic carbocycles. The summed E-state index contributed by atoms with van der Waals surface area (Å²) in [4.78, 5) is 18.1. The highest BCUT2D eigenvalue weighted by atomic mass is 16.5. The number of carbonyl (C=O) groups excluding carboxylic acids is 1. The van der Waals surface area contributed by atoms with E-state index in [2.05, 4.69) is 31.4 Å². The molecule has 7 nitrogen and oxygen atoms in total. The van der Waals surface area contributed by atoms with E-state index in [-0.39, 0.29) is 30.0 Å². The first-order chi connectivity index (χ1) is 18.3. The number of ether oxygens (including phenoxy) is 2. The molecule has 7 heteroatoms. The van der Waals surface area contributed by atoms with Gasteiger partial charge in [-0.15, -0.1) is 6.58 Å². The first-order valence-electron chi connectivity index (χ1n) is 13.8. The first kappa shape index (κ1) is 25.3. The lowest BCUT2D eigenvalue weighted by molar-refractivity contribution is -0.199. The molecule has 2 aliphatic heterocycles. The van der Waals surface area contributed by atoms with E-state index in [1.165, 1.54) is 5.56 Å². The van der Waals surface area contributed by atoms with Gasteiger partial charge in [-0.2, -0.15) is 0 Å². The van der Waals surface area contributed by atoms with E-state index in [0.717, 1.165) is 42.8 Å². The van der Waals surface area contributed by atoms with Crippen molar-refractivity contribution >= 4 is 12.0 Å². The van der Waals surface area contributed by atoms with E-state index < -0.39 is 11.0 Å². The second-order valence-electron chi connectivity index (χ2n) is 11.7. The summed E-state index contributed by atoms with van der Waals surface area (Å²) in [6.45, 7) is 10.4. The Morgan fingerprint density at radius 2 is 2.18 bits per heavy atom. The van der Waals surface area contributed by atoms with Crippen LogP contribution in [0.15, 0.2) is 53.9 Å². The van der Waals surface area contributed by atoms with Crippen molar-refractivity contribution in [3.8, 4) is 11.5 Å². The van der Waals surface area contributed by atoms with Gasteiger partial charge in [0.15, 0.2) is 11.5 Å². The molecular weight excluding hydrogens is 480 g/mol. The first-order valence-corrected chi connectivity index (χ1v) is 13.8. The third-order valence-corrected chi connectivity index (χ3v) is 9.32. The number of hydrogen-bond donors (Lipinski definition) is 1. The lowest BCUT2D eigenvalue weighted by Gasteiger charge is -2.64. The van der Waals surface area contributed by atoms with Crippen LogP contribution in [0.5, 0.6) is 11.5 Å². The average Bonchev–Trinajstić information content (AvgIpc) is 3.53. The minimum Gasteiger partial charge on any atom is -0.493 e. The van der Waals surface area contributed by atoms with Gasteiger partial charge in [0.1, 0.15) is 6.10 Å². The molecule has 1 amide bonds. The van der Waals surface area contributed by atoms with Crippen LogP contribution in [0.3, 0.4) is 0 Å². The fourth-order valence-corrected chi connectivity index (χ4v) is 7.87. The number of nitrogens with zero attached hydrogens (tertiary/aromatic N) is 2. The molecule has 2 aliphatic carbocycles. The topological polar surface area (TPSA) is 75.4 Å². The summed E-state index contributed by atoms with van der Waals surface area (Å²) in [6, 6.07) is 5.76. The fraction of sp³-hybridized carbons (Fsp3) is 0.516. The summed E-state index contributed by atoms with van der Waals surface area (Å²) in [6.07, 6.45) is 11.0. The van der Waals surface area contributed by atoms with E-state index in [1.807, 2.05) is 23.1 Å². The summed E-state index contributed by atoms with van der Waals surface area (Å²) < 4.78 is 17.8. The number of hydrogen-bond acceptors (Lipinski definition) is 6. The maximum atomic E-state index is 13.8. The number of rotatable bonds is 8. The van der Waals surface area contributed by atoms with Crippen LogP contribution in [-0.4, -0.2) is 71.3 Å². The average molecular weight is 519 g/mol. The Labute approximate surface area is 224 Å². The summed E-state index contributed by atoms with van der Waals surface area (Å²) in [5.74, 6) is 1.68. The van der Waals surface area contributed by atoms with E-state index >= 15 is 0 Å². The van der Waals surface area contributed by atoms with Crippen LogP contribution >= 0.6 is 0 Å². The molecule has 2 aromatic rings. The Balaban J connectivity index is 1.45. The molecule has 1 saturated carbocycles. The molecule has 1 aromatic heterocycles. The molecule has 0 unspecified atom stereocenters. The van der Waals surface area contributed by atoms with Gasteiger partial charge in [0.2, 0.25) is 5.91 Å². The van der Waals surface area contributed by atoms with Gasteiger partial charge < -0.3 is 23.9 Å². The zero-order valence-electron chi connectivity index (χ0n) is 22.6. The van der Waals surface area contributed by atoms with Gasteiger partial charge in [-0.25, -0.2) is 0 Å². The number of benzene rings is 1. The molecule has 1 saturated heterocycles. The van der Waals surface area contributed by atoms with Gasteiger partial charge in [0.05, 0.1) is 36.7 Å². The zero-order valence-corrected chi connectivity index (χ0v) is 22.6. The van der Waals surface area contributed by atoms with Crippen molar-refractivity contribution in [2.45, 2.75) is 68.7 Å². The van der Waals surface area contributed by atoms with Crippen LogP contribution < -0.4 is 9.47 Å². The second-order valence-corrected chi connectivity index (χ2v) is 11.7. The molecule has 0 radical (unpaired) electrons. The van der Waals surface area contributed by atoms with E-state index in [1.54, 1.807) is 31.8 Å². The number of aliphatic hydroxyl groups is 1. The molecule has 202 valence electrons. The van der Waals surface area contributed by atoms with E-state index in [4.69, 9.17) is 13.9 Å². The minimum absolute atomic E-state index is 0.0246. The van der Waals surface area contributed by atoms with Crippen LogP contribution in [-0.2, 0) is 16.6 Å². The van der Waals surface area contributed by atoms with Crippen LogP contribution in [0.4, 0.5) is 0 Å². The van der Waals surface area contributed by atoms with Crippen LogP contribution in [0.1, 0.15) is 49.8 Å². The summed E-state index contributed by atoms with van der Waals surface area (Å²) in [5.41, 5.74) is 1.62. The Hall–Kier alpha value is -3.03. The monoisotopic (exact) mass is 518 g/mol. The highest BCUT2D eigenvalue weighted by Crippen LogP contribution is 2.66. The minimum atomic E-state index is -0.959. The number of methoxy groups -OCH3 is 1. The highest BCUT2D eigenvalue weighted by molar-refractivity contribution is 5.92. The predicted octanol–water partition coefficient (Wildman–Crippen LogP) is 4.19. The standard InChI is InChI=1S/C31H38N2O5/c1-5-14-32-15-13-30-27-22-7-8-24(36-4)28(27)38-29(30)23(10-12-31(30,35)25(32)17-22)33(18-20(2)3)26(34)9-6-21-11-16-37-19-21/h5-9,11,16,19-20,23,25,29,35H,1,10,12-15,17-18H2,2-4H3/b9-6+/t23-,25-,29+,30+,31-/m1/s1. The molecular formula is C31H38N2O5. The van der Waals surface area contributed by atoms with Crippen LogP contribution in [0.25, 0.3) is 6.08 Å². The lowest BCUT2D eigenvalue weighted by Crippen LogP contribution is -2.78. The number of carbonyl (C=O) groups is 1. The Kier molecular flexibility index (Phi) is 6.19. The third kappa shape index (κ3) is 3.51. The van der Waals surface area contributed by atoms with Crippen LogP contribution in [0.2, 0.25) is 0 Å². The van der Waals surface area contributed by atoms with Crippen LogP contribution in [0, 0.1) is 5.92 Å². The molecule has 1 spiro atoms. The van der Waals surface area contributed by atoms with E-state index in [9.17, 15) is 9.90 Å².